The van der Waals surface area contributed by atoms with Crippen LogP contribution in [0.25, 0.3) is 5.76 Å². The van der Waals surface area contributed by atoms with Crippen LogP contribution < -0.4 is 0 Å². The van der Waals surface area contributed by atoms with E-state index in [4.69, 9.17) is 4.74 Å². The van der Waals surface area contributed by atoms with E-state index in [1.807, 2.05) is 24.3 Å². The molecule has 2 atom stereocenters. The molecule has 0 aromatic heterocycles. The molecule has 5 nitrogen and oxygen atoms in total. The molecule has 0 saturated carbocycles. The molecule has 2 fully saturated rings. The molecule has 1 N–H and O–H groups in total. The molecular weight excluding hydrogens is 470 g/mol. The highest BCUT2D eigenvalue weighted by atomic mass is 79.9. The van der Waals surface area contributed by atoms with Gasteiger partial charge in [-0.15, -0.1) is 0 Å². The molecule has 2 aromatic carbocycles. The normalized spacial score (nSPS) is 23.2. The van der Waals surface area contributed by atoms with Gasteiger partial charge in [-0.05, 0) is 41.5 Å². The lowest BCUT2D eigenvalue weighted by Gasteiger charge is -2.28. The second kappa shape index (κ2) is 8.83. The van der Waals surface area contributed by atoms with Gasteiger partial charge in [0.15, 0.2) is 0 Å². The van der Waals surface area contributed by atoms with Crippen LogP contribution in [0.3, 0.4) is 0 Å². The average Bonchev–Trinajstić information content (AvgIpc) is 3.36. The summed E-state index contributed by atoms with van der Waals surface area (Å²) in [5.74, 6) is -1.41. The van der Waals surface area contributed by atoms with Crippen LogP contribution in [0.1, 0.15) is 56.3 Å². The number of ketones is 1. The molecule has 6 heteroatoms. The molecule has 2 aliphatic rings. The topological polar surface area (TPSA) is 66.8 Å². The van der Waals surface area contributed by atoms with Crippen LogP contribution in [-0.4, -0.2) is 41.0 Å². The molecule has 2 unspecified atom stereocenters. The molecule has 4 rings (SSSR count). The van der Waals surface area contributed by atoms with Crippen molar-refractivity contribution < 1.29 is 19.4 Å². The van der Waals surface area contributed by atoms with Gasteiger partial charge in [0.2, 0.25) is 0 Å². The zero-order valence-electron chi connectivity index (χ0n) is 18.6. The number of hydrogen-bond donors (Lipinski definition) is 1. The Morgan fingerprint density at radius 1 is 1.09 bits per heavy atom. The van der Waals surface area contributed by atoms with Crippen LogP contribution in [-0.2, 0) is 19.7 Å². The van der Waals surface area contributed by atoms with Crippen molar-refractivity contribution in [2.24, 2.45) is 0 Å². The minimum Gasteiger partial charge on any atom is -0.507 e. The van der Waals surface area contributed by atoms with E-state index < -0.39 is 17.7 Å². The van der Waals surface area contributed by atoms with Gasteiger partial charge in [0.25, 0.3) is 11.7 Å². The first-order valence-electron chi connectivity index (χ1n) is 10.9. The Balaban J connectivity index is 1.81. The highest BCUT2D eigenvalue weighted by Gasteiger charge is 2.47. The second-order valence-corrected chi connectivity index (χ2v) is 10.4. The fraction of sp³-hybridized carbons (Fsp3) is 0.385. The molecule has 168 valence electrons. The number of ether oxygens (including phenoxy) is 1. The SMILES string of the molecule is CC(C)(C)c1ccc(C2C(=C(O)c3ccc(Br)cc3)C(=O)C(=O)N2CC2CCCO2)cc1. The summed E-state index contributed by atoms with van der Waals surface area (Å²) in [5, 5.41) is 11.1. The van der Waals surface area contributed by atoms with E-state index in [0.717, 1.165) is 28.4 Å². The van der Waals surface area contributed by atoms with E-state index in [1.54, 1.807) is 29.2 Å². The first-order chi connectivity index (χ1) is 15.2. The Kier molecular flexibility index (Phi) is 6.28. The number of rotatable bonds is 4. The first-order valence-corrected chi connectivity index (χ1v) is 11.7. The van der Waals surface area contributed by atoms with E-state index in [-0.39, 0.29) is 22.9 Å². The van der Waals surface area contributed by atoms with Crippen molar-refractivity contribution in [2.45, 2.75) is 51.2 Å². The Hall–Kier alpha value is -2.44. The standard InChI is InChI=1S/C26H28BrNO4/c1-26(2,3)18-10-6-16(7-11-18)22-21(23(29)17-8-12-19(27)13-9-17)24(30)25(31)28(22)15-20-5-4-14-32-20/h6-13,20,22,29H,4-5,14-15H2,1-3H3. The fourth-order valence-corrected chi connectivity index (χ4v) is 4.62. The van der Waals surface area contributed by atoms with E-state index in [9.17, 15) is 14.7 Å². The number of hydrogen-bond acceptors (Lipinski definition) is 4. The minimum atomic E-state index is -0.659. The Morgan fingerprint density at radius 3 is 2.31 bits per heavy atom. The summed E-state index contributed by atoms with van der Waals surface area (Å²) in [6.07, 6.45) is 1.70. The fourth-order valence-electron chi connectivity index (χ4n) is 4.35. The van der Waals surface area contributed by atoms with Crippen molar-refractivity contribution in [1.29, 1.82) is 0 Å². The van der Waals surface area contributed by atoms with Gasteiger partial charge in [-0.25, -0.2) is 0 Å². The van der Waals surface area contributed by atoms with Crippen LogP contribution in [0.5, 0.6) is 0 Å². The van der Waals surface area contributed by atoms with Gasteiger partial charge in [0.05, 0.1) is 17.7 Å². The first kappa shape index (κ1) is 22.7. The van der Waals surface area contributed by atoms with Crippen LogP contribution in [0.4, 0.5) is 0 Å². The Labute approximate surface area is 197 Å². The third-order valence-electron chi connectivity index (χ3n) is 6.17. The van der Waals surface area contributed by atoms with Crippen molar-refractivity contribution >= 4 is 33.4 Å². The van der Waals surface area contributed by atoms with E-state index in [0.29, 0.717) is 18.7 Å². The second-order valence-electron chi connectivity index (χ2n) is 9.47. The average molecular weight is 498 g/mol. The smallest absolute Gasteiger partial charge is 0.295 e. The number of nitrogens with zero attached hydrogens (tertiary/aromatic N) is 1. The van der Waals surface area contributed by atoms with Crippen molar-refractivity contribution in [1.82, 2.24) is 4.90 Å². The minimum absolute atomic E-state index is 0.0184. The third kappa shape index (κ3) is 4.39. The van der Waals surface area contributed by atoms with Gasteiger partial charge < -0.3 is 14.7 Å². The molecule has 0 aliphatic carbocycles. The van der Waals surface area contributed by atoms with Crippen LogP contribution >= 0.6 is 15.9 Å². The predicted octanol–water partition coefficient (Wildman–Crippen LogP) is 5.35. The quantitative estimate of drug-likeness (QED) is 0.351. The van der Waals surface area contributed by atoms with Gasteiger partial charge in [-0.3, -0.25) is 9.59 Å². The highest BCUT2D eigenvalue weighted by Crippen LogP contribution is 2.40. The van der Waals surface area contributed by atoms with Gasteiger partial charge in [-0.1, -0.05) is 73.1 Å². The highest BCUT2D eigenvalue weighted by molar-refractivity contribution is 9.10. The van der Waals surface area contributed by atoms with E-state index in [1.165, 1.54) is 0 Å². The number of likely N-dealkylation sites (tertiary alicyclic amines) is 1. The zero-order valence-corrected chi connectivity index (χ0v) is 20.2. The lowest BCUT2D eigenvalue weighted by atomic mass is 9.85. The summed E-state index contributed by atoms with van der Waals surface area (Å²) >= 11 is 3.39. The van der Waals surface area contributed by atoms with Gasteiger partial charge in [-0.2, -0.15) is 0 Å². The maximum atomic E-state index is 13.1. The van der Waals surface area contributed by atoms with Crippen LogP contribution in [0, 0.1) is 0 Å². The van der Waals surface area contributed by atoms with Crippen molar-refractivity contribution in [3.8, 4) is 0 Å². The Morgan fingerprint density at radius 2 is 1.75 bits per heavy atom. The summed E-state index contributed by atoms with van der Waals surface area (Å²) in [6, 6.07) is 14.4. The molecule has 2 aromatic rings. The van der Waals surface area contributed by atoms with Gasteiger partial charge >= 0.3 is 0 Å². The van der Waals surface area contributed by atoms with E-state index in [2.05, 4.69) is 36.7 Å². The number of halogens is 1. The molecule has 1 amide bonds. The van der Waals surface area contributed by atoms with Gasteiger partial charge in [0.1, 0.15) is 5.76 Å². The summed E-state index contributed by atoms with van der Waals surface area (Å²) in [5.41, 5.74) is 2.56. The summed E-state index contributed by atoms with van der Waals surface area (Å²) in [6.45, 7) is 7.41. The molecule has 0 radical (unpaired) electrons. The van der Waals surface area contributed by atoms with Crippen LogP contribution in [0.15, 0.2) is 58.6 Å². The Bertz CT molecular complexity index is 1040. The number of carbonyl (C=O) groups is 2. The molecule has 0 bridgehead atoms. The van der Waals surface area contributed by atoms with Crippen molar-refractivity contribution in [3.63, 3.8) is 0 Å². The lowest BCUT2D eigenvalue weighted by Crippen LogP contribution is -2.36. The molecule has 32 heavy (non-hydrogen) atoms. The van der Waals surface area contributed by atoms with Gasteiger partial charge in [0, 0.05) is 23.2 Å². The molecule has 2 heterocycles. The summed E-state index contributed by atoms with van der Waals surface area (Å²) < 4.78 is 6.61. The van der Waals surface area contributed by atoms with Crippen LogP contribution in [0.2, 0.25) is 0 Å². The monoisotopic (exact) mass is 497 g/mol. The maximum absolute atomic E-state index is 13.1. The van der Waals surface area contributed by atoms with Crippen molar-refractivity contribution in [3.05, 3.63) is 75.3 Å². The molecule has 2 saturated heterocycles. The number of benzene rings is 2. The number of Topliss-reactive ketones (excluding diaryl/α,β-unsaturated/α-hetero) is 1. The summed E-state index contributed by atoms with van der Waals surface area (Å²) in [7, 11) is 0. The number of carbonyl (C=O) groups excluding carboxylic acids is 2. The third-order valence-corrected chi connectivity index (χ3v) is 6.70. The zero-order chi connectivity index (χ0) is 23.0. The molecular formula is C26H28BrNO4. The van der Waals surface area contributed by atoms with Crippen molar-refractivity contribution in [2.75, 3.05) is 13.2 Å². The molecule has 0 spiro atoms. The number of aliphatic hydroxyl groups excluding tert-OH is 1. The number of amides is 1. The summed E-state index contributed by atoms with van der Waals surface area (Å²) in [4.78, 5) is 27.8. The lowest BCUT2D eigenvalue weighted by molar-refractivity contribution is -0.140. The number of aliphatic hydroxyl groups is 1. The van der Waals surface area contributed by atoms with E-state index >= 15 is 0 Å². The maximum Gasteiger partial charge on any atom is 0.295 e. The predicted molar refractivity (Wildman–Crippen MR) is 127 cm³/mol. The largest absolute Gasteiger partial charge is 0.507 e. The molecule has 2 aliphatic heterocycles.